The number of ether oxygens (including phenoxy) is 1. The van der Waals surface area contributed by atoms with Crippen LogP contribution >= 0.6 is 0 Å². The summed E-state index contributed by atoms with van der Waals surface area (Å²) in [6, 6.07) is 24.9. The number of aliphatic carboxylic acids is 1. The molecule has 1 aliphatic rings. The summed E-state index contributed by atoms with van der Waals surface area (Å²) in [7, 11) is 0. The van der Waals surface area contributed by atoms with Crippen LogP contribution in [0.1, 0.15) is 87.7 Å². The number of rotatable bonds is 12. The molecule has 0 saturated heterocycles. The van der Waals surface area contributed by atoms with E-state index in [1.165, 1.54) is 11.1 Å². The molecule has 3 aromatic carbocycles. The Morgan fingerprint density at radius 2 is 1.64 bits per heavy atom. The number of hydrogen-bond acceptors (Lipinski definition) is 4. The Labute approximate surface area is 232 Å². The van der Waals surface area contributed by atoms with Crippen LogP contribution in [0.4, 0.5) is 0 Å². The molecule has 2 N–H and O–H groups in total. The fourth-order valence-corrected chi connectivity index (χ4v) is 4.74. The molecule has 0 bridgehead atoms. The van der Waals surface area contributed by atoms with Gasteiger partial charge in [0.25, 0.3) is 0 Å². The minimum Gasteiger partial charge on any atom is -0.486 e. The Kier molecular flexibility index (Phi) is 9.09. The van der Waals surface area contributed by atoms with Gasteiger partial charge in [0.15, 0.2) is 0 Å². The molecule has 1 fully saturated rings. The summed E-state index contributed by atoms with van der Waals surface area (Å²) < 4.78 is 6.50. The number of hydrogen-bond donors (Lipinski definition) is 2. The van der Waals surface area contributed by atoms with Crippen molar-refractivity contribution in [2.24, 2.45) is 5.92 Å². The first-order valence-corrected chi connectivity index (χ1v) is 13.8. The van der Waals surface area contributed by atoms with Crippen molar-refractivity contribution in [1.29, 1.82) is 5.26 Å². The summed E-state index contributed by atoms with van der Waals surface area (Å²) in [4.78, 5) is 10.9. The van der Waals surface area contributed by atoms with Crippen molar-refractivity contribution in [3.05, 3.63) is 94.6 Å². The lowest BCUT2D eigenvalue weighted by atomic mass is 9.96. The zero-order valence-corrected chi connectivity index (χ0v) is 23.3. The number of benzene rings is 3. The van der Waals surface area contributed by atoms with Gasteiger partial charge in [0, 0.05) is 12.2 Å². The molecule has 1 saturated carbocycles. The van der Waals surface area contributed by atoms with E-state index in [0.29, 0.717) is 29.7 Å². The molecule has 1 atom stereocenters. The predicted molar refractivity (Wildman–Crippen MR) is 156 cm³/mol. The lowest BCUT2D eigenvalue weighted by Crippen LogP contribution is -2.17. The van der Waals surface area contributed by atoms with Gasteiger partial charge in [-0.3, -0.25) is 4.79 Å². The Hall–Kier alpha value is -4.04. The Balaban J connectivity index is 1.54. The topological polar surface area (TPSA) is 82.3 Å². The molecule has 5 nitrogen and oxygen atoms in total. The molecule has 0 heterocycles. The van der Waals surface area contributed by atoms with Gasteiger partial charge >= 0.3 is 5.97 Å². The summed E-state index contributed by atoms with van der Waals surface area (Å²) in [5.74, 6) is 0.760. The van der Waals surface area contributed by atoms with Crippen LogP contribution in [0.15, 0.2) is 72.3 Å². The second-order valence-electron chi connectivity index (χ2n) is 11.0. The average molecular weight is 523 g/mol. The van der Waals surface area contributed by atoms with E-state index in [1.54, 1.807) is 0 Å². The van der Waals surface area contributed by atoms with E-state index < -0.39 is 5.97 Å². The highest BCUT2D eigenvalue weighted by Crippen LogP contribution is 2.36. The van der Waals surface area contributed by atoms with Gasteiger partial charge in [0.1, 0.15) is 11.9 Å². The third-order valence-electron chi connectivity index (χ3n) is 7.03. The van der Waals surface area contributed by atoms with Crippen molar-refractivity contribution in [3.8, 4) is 22.9 Å². The number of carboxylic acid groups (broad SMARTS) is 1. The quantitative estimate of drug-likeness (QED) is 0.251. The van der Waals surface area contributed by atoms with Gasteiger partial charge in [-0.1, -0.05) is 76.2 Å². The summed E-state index contributed by atoms with van der Waals surface area (Å²) in [5.41, 5.74) is 8.33. The van der Waals surface area contributed by atoms with E-state index >= 15 is 0 Å². The minimum absolute atomic E-state index is 0.0892. The van der Waals surface area contributed by atoms with Crippen molar-refractivity contribution < 1.29 is 14.6 Å². The third-order valence-corrected chi connectivity index (χ3v) is 7.03. The summed E-state index contributed by atoms with van der Waals surface area (Å²) in [6.07, 6.45) is 2.87. The smallest absolute Gasteiger partial charge is 0.305 e. The van der Waals surface area contributed by atoms with E-state index in [0.717, 1.165) is 47.2 Å². The molecule has 4 rings (SSSR count). The van der Waals surface area contributed by atoms with Crippen molar-refractivity contribution in [2.45, 2.75) is 65.4 Å². The van der Waals surface area contributed by atoms with Crippen LogP contribution in [0.2, 0.25) is 0 Å². The molecule has 0 amide bonds. The molecule has 39 heavy (non-hydrogen) atoms. The Morgan fingerprint density at radius 3 is 2.21 bits per heavy atom. The highest BCUT2D eigenvalue weighted by atomic mass is 16.5. The third kappa shape index (κ3) is 7.51. The van der Waals surface area contributed by atoms with Crippen LogP contribution in [0.5, 0.6) is 5.75 Å². The molecule has 0 aliphatic heterocycles. The lowest BCUT2D eigenvalue weighted by molar-refractivity contribution is -0.136. The molecule has 0 spiro atoms. The van der Waals surface area contributed by atoms with Gasteiger partial charge in [-0.2, -0.15) is 5.26 Å². The first-order chi connectivity index (χ1) is 18.7. The number of nitriles is 1. The van der Waals surface area contributed by atoms with Crippen LogP contribution in [0, 0.1) is 17.2 Å². The molecule has 202 valence electrons. The fraction of sp³-hybridized carbons (Fsp3) is 0.353. The van der Waals surface area contributed by atoms with E-state index in [2.05, 4.69) is 87.6 Å². The van der Waals surface area contributed by atoms with Crippen LogP contribution in [0.25, 0.3) is 16.8 Å². The highest BCUT2D eigenvalue weighted by Gasteiger charge is 2.21. The maximum atomic E-state index is 10.9. The molecule has 1 aliphatic carbocycles. The van der Waals surface area contributed by atoms with E-state index in [-0.39, 0.29) is 12.5 Å². The zero-order chi connectivity index (χ0) is 27.9. The molecule has 0 aromatic heterocycles. The van der Waals surface area contributed by atoms with Gasteiger partial charge < -0.3 is 15.2 Å². The fourth-order valence-electron chi connectivity index (χ4n) is 4.74. The van der Waals surface area contributed by atoms with Crippen molar-refractivity contribution in [2.75, 3.05) is 6.54 Å². The van der Waals surface area contributed by atoms with Gasteiger partial charge in [0.05, 0.1) is 18.1 Å². The second-order valence-corrected chi connectivity index (χ2v) is 11.0. The number of carboxylic acids is 1. The second kappa shape index (κ2) is 12.7. The normalized spacial score (nSPS) is 13.2. The Bertz CT molecular complexity index is 1360. The number of nitrogens with zero attached hydrogens (tertiary/aromatic N) is 1. The van der Waals surface area contributed by atoms with Crippen LogP contribution in [0.3, 0.4) is 0 Å². The first-order valence-electron chi connectivity index (χ1n) is 13.8. The number of nitrogens with one attached hydrogen (secondary N) is 1. The summed E-state index contributed by atoms with van der Waals surface area (Å²) in [6.45, 7) is 9.11. The summed E-state index contributed by atoms with van der Waals surface area (Å²) in [5, 5.41) is 22.2. The highest BCUT2D eigenvalue weighted by molar-refractivity contribution is 5.72. The Morgan fingerprint density at radius 1 is 0.974 bits per heavy atom. The monoisotopic (exact) mass is 522 g/mol. The molecular weight excluding hydrogens is 484 g/mol. The molecule has 0 radical (unpaired) electrons. The SMILES string of the molecule is CC(C)CC(Oc1ccc(-c2ccc(C(C)C)cc2)c(C#N)c1)c1ccc(C(NCCC(=O)O)=C2CC2)cc1. The van der Waals surface area contributed by atoms with Gasteiger partial charge in [0.2, 0.25) is 0 Å². The molecular formula is C34H38N2O3. The number of carbonyl (C=O) groups is 1. The first kappa shape index (κ1) is 28.0. The van der Waals surface area contributed by atoms with E-state index in [1.807, 2.05) is 18.2 Å². The summed E-state index contributed by atoms with van der Waals surface area (Å²) >= 11 is 0. The van der Waals surface area contributed by atoms with Crippen LogP contribution in [-0.4, -0.2) is 17.6 Å². The largest absolute Gasteiger partial charge is 0.486 e. The van der Waals surface area contributed by atoms with Crippen LogP contribution < -0.4 is 10.1 Å². The van der Waals surface area contributed by atoms with E-state index in [9.17, 15) is 10.1 Å². The van der Waals surface area contributed by atoms with Crippen molar-refractivity contribution >= 4 is 11.7 Å². The van der Waals surface area contributed by atoms with Crippen molar-refractivity contribution in [1.82, 2.24) is 5.32 Å². The maximum Gasteiger partial charge on any atom is 0.305 e. The zero-order valence-electron chi connectivity index (χ0n) is 23.3. The predicted octanol–water partition coefficient (Wildman–Crippen LogP) is 8.08. The number of allylic oxidation sites excluding steroid dienone is 1. The van der Waals surface area contributed by atoms with Gasteiger partial charge in [-0.05, 0) is 82.7 Å². The van der Waals surface area contributed by atoms with Gasteiger partial charge in [-0.25, -0.2) is 0 Å². The van der Waals surface area contributed by atoms with E-state index in [4.69, 9.17) is 9.84 Å². The maximum absolute atomic E-state index is 10.9. The average Bonchev–Trinajstić information content (AvgIpc) is 3.76. The van der Waals surface area contributed by atoms with Crippen LogP contribution in [-0.2, 0) is 4.79 Å². The molecule has 5 heteroatoms. The van der Waals surface area contributed by atoms with Crippen molar-refractivity contribution in [3.63, 3.8) is 0 Å². The molecule has 1 unspecified atom stereocenters. The minimum atomic E-state index is -0.803. The molecule has 3 aromatic rings. The van der Waals surface area contributed by atoms with Gasteiger partial charge in [-0.15, -0.1) is 0 Å². The lowest BCUT2D eigenvalue weighted by Gasteiger charge is -2.22. The standard InChI is InChI=1S/C34H38N2O3/c1-22(2)19-32(26-9-11-27(12-10-26)34(28-13-14-28)36-18-17-33(37)38)39-30-15-16-31(29(20-30)21-35)25-7-5-24(6-8-25)23(3)4/h5-12,15-16,20,22-23,32,36H,13-14,17-19H2,1-4H3,(H,37,38).